The number of benzene rings is 1. The van der Waals surface area contributed by atoms with Crippen LogP contribution in [0.4, 0.5) is 8.78 Å². The number of pyridine rings is 2. The molecule has 0 saturated heterocycles. The maximum absolute atomic E-state index is 15.9. The van der Waals surface area contributed by atoms with Crippen molar-refractivity contribution < 1.29 is 23.4 Å². The highest BCUT2D eigenvalue weighted by Gasteiger charge is 2.31. The molecule has 0 fully saturated rings. The van der Waals surface area contributed by atoms with Crippen molar-refractivity contribution in [3.05, 3.63) is 78.1 Å². The van der Waals surface area contributed by atoms with Crippen LogP contribution in [0, 0.1) is 11.6 Å². The number of nitrogens with zero attached hydrogens (tertiary/aromatic N) is 7. The van der Waals surface area contributed by atoms with Gasteiger partial charge in [0, 0.05) is 53.1 Å². The van der Waals surface area contributed by atoms with Gasteiger partial charge < -0.3 is 14.7 Å². The van der Waals surface area contributed by atoms with E-state index in [1.54, 1.807) is 22.0 Å². The summed E-state index contributed by atoms with van der Waals surface area (Å²) < 4.78 is 40.4. The van der Waals surface area contributed by atoms with Gasteiger partial charge in [0.1, 0.15) is 40.9 Å². The SMILES string of the molecule is C=CC(=O)N1CCn2nc(-c3nc(-c4cnc5cnn(C)c5c4)c4ccsc4c3-c3c(F)cc(F)cc3OCCO)cc2C1C. The van der Waals surface area contributed by atoms with Crippen molar-refractivity contribution in [1.29, 1.82) is 0 Å². The highest BCUT2D eigenvalue weighted by molar-refractivity contribution is 7.18. The topological polar surface area (TPSA) is 111 Å². The lowest BCUT2D eigenvalue weighted by Crippen LogP contribution is -2.40. The second kappa shape index (κ2) is 11.2. The fourth-order valence-corrected chi connectivity index (χ4v) is 6.86. The molecule has 1 aliphatic rings. The first-order valence-electron chi connectivity index (χ1n) is 14.2. The molecule has 0 radical (unpaired) electrons. The number of aromatic nitrogens is 6. The molecule has 0 aliphatic carbocycles. The number of amides is 1. The molecule has 13 heteroatoms. The van der Waals surface area contributed by atoms with E-state index < -0.39 is 11.6 Å². The number of aryl methyl sites for hydroxylation is 1. The van der Waals surface area contributed by atoms with Crippen molar-refractivity contribution in [2.75, 3.05) is 19.8 Å². The summed E-state index contributed by atoms with van der Waals surface area (Å²) in [5.74, 6) is -1.90. The lowest BCUT2D eigenvalue weighted by atomic mass is 9.96. The van der Waals surface area contributed by atoms with E-state index in [9.17, 15) is 14.3 Å². The van der Waals surface area contributed by atoms with E-state index in [0.29, 0.717) is 40.4 Å². The summed E-state index contributed by atoms with van der Waals surface area (Å²) in [4.78, 5) is 24.0. The minimum Gasteiger partial charge on any atom is -0.490 e. The number of aliphatic hydroxyl groups excluding tert-OH is 1. The van der Waals surface area contributed by atoms with Crippen molar-refractivity contribution in [3.8, 4) is 39.5 Å². The molecule has 1 amide bonds. The Morgan fingerprint density at radius 1 is 1.18 bits per heavy atom. The first kappa shape index (κ1) is 28.7. The van der Waals surface area contributed by atoms with Crippen LogP contribution in [0.1, 0.15) is 18.7 Å². The summed E-state index contributed by atoms with van der Waals surface area (Å²) >= 11 is 1.38. The molecule has 7 rings (SSSR count). The van der Waals surface area contributed by atoms with E-state index in [1.807, 2.05) is 42.2 Å². The third kappa shape index (κ3) is 4.75. The molecule has 0 saturated carbocycles. The fraction of sp³-hybridized carbons (Fsp3) is 0.219. The number of thiophene rings is 1. The Hall–Kier alpha value is -5.01. The molecule has 1 N–H and O–H groups in total. The quantitative estimate of drug-likeness (QED) is 0.232. The number of hydrogen-bond acceptors (Lipinski definition) is 8. The zero-order chi connectivity index (χ0) is 31.4. The molecule has 45 heavy (non-hydrogen) atoms. The molecule has 1 aliphatic heterocycles. The normalized spacial score (nSPS) is 14.7. The van der Waals surface area contributed by atoms with Gasteiger partial charge >= 0.3 is 0 Å². The third-order valence-electron chi connectivity index (χ3n) is 8.06. The monoisotopic (exact) mass is 627 g/mol. The molecule has 10 nitrogen and oxygen atoms in total. The van der Waals surface area contributed by atoms with Crippen LogP contribution in [0.3, 0.4) is 0 Å². The maximum Gasteiger partial charge on any atom is 0.246 e. The van der Waals surface area contributed by atoms with Crippen LogP contribution >= 0.6 is 11.3 Å². The Morgan fingerprint density at radius 3 is 2.82 bits per heavy atom. The second-order valence-corrected chi connectivity index (χ2v) is 11.6. The molecule has 6 aromatic rings. The Bertz CT molecular complexity index is 2140. The summed E-state index contributed by atoms with van der Waals surface area (Å²) in [7, 11) is 1.83. The van der Waals surface area contributed by atoms with E-state index in [1.165, 1.54) is 17.4 Å². The number of halogens is 2. The van der Waals surface area contributed by atoms with Gasteiger partial charge in [-0.25, -0.2) is 13.8 Å². The van der Waals surface area contributed by atoms with Crippen molar-refractivity contribution in [1.82, 2.24) is 34.4 Å². The van der Waals surface area contributed by atoms with Crippen LogP contribution in [0.5, 0.6) is 5.75 Å². The second-order valence-electron chi connectivity index (χ2n) is 10.7. The lowest BCUT2D eigenvalue weighted by molar-refractivity contribution is -0.129. The number of hydrogen-bond donors (Lipinski definition) is 1. The Balaban J connectivity index is 1.52. The summed E-state index contributed by atoms with van der Waals surface area (Å²) in [6.07, 6.45) is 4.70. The molecular weight excluding hydrogens is 600 g/mol. The summed E-state index contributed by atoms with van der Waals surface area (Å²) in [5.41, 5.74) is 4.82. The number of ether oxygens (including phenoxy) is 1. The van der Waals surface area contributed by atoms with E-state index in [4.69, 9.17) is 14.8 Å². The van der Waals surface area contributed by atoms with E-state index >= 15 is 4.39 Å². The number of fused-ring (bicyclic) bond motifs is 3. The first-order valence-corrected chi connectivity index (χ1v) is 15.1. The smallest absolute Gasteiger partial charge is 0.246 e. The summed E-state index contributed by atoms with van der Waals surface area (Å²) in [5, 5.41) is 21.3. The van der Waals surface area contributed by atoms with E-state index in [2.05, 4.69) is 16.7 Å². The molecule has 0 spiro atoms. The highest BCUT2D eigenvalue weighted by Crippen LogP contribution is 2.47. The predicted molar refractivity (Wildman–Crippen MR) is 167 cm³/mol. The zero-order valence-corrected chi connectivity index (χ0v) is 25.2. The van der Waals surface area contributed by atoms with Gasteiger partial charge in [-0.15, -0.1) is 11.3 Å². The van der Waals surface area contributed by atoms with Crippen LogP contribution < -0.4 is 4.74 Å². The van der Waals surface area contributed by atoms with Gasteiger partial charge in [0.05, 0.1) is 47.9 Å². The molecule has 6 heterocycles. The fourth-order valence-electron chi connectivity index (χ4n) is 5.92. The minimum absolute atomic E-state index is 0.00837. The molecule has 228 valence electrons. The van der Waals surface area contributed by atoms with Gasteiger partial charge in [-0.2, -0.15) is 10.2 Å². The molecule has 1 unspecified atom stereocenters. The van der Waals surface area contributed by atoms with Gasteiger partial charge in [-0.1, -0.05) is 6.58 Å². The minimum atomic E-state index is -0.841. The number of carbonyl (C=O) groups excluding carboxylic acids is 1. The Kier molecular flexibility index (Phi) is 7.13. The molecule has 1 atom stereocenters. The van der Waals surface area contributed by atoms with Crippen molar-refractivity contribution in [2.24, 2.45) is 7.05 Å². The molecular formula is C32H27F2N7O3S. The van der Waals surface area contributed by atoms with Crippen molar-refractivity contribution >= 4 is 38.4 Å². The Labute approximate surface area is 259 Å². The van der Waals surface area contributed by atoms with E-state index in [-0.39, 0.29) is 36.5 Å². The average Bonchev–Trinajstić information content (AvgIpc) is 3.78. The van der Waals surface area contributed by atoms with E-state index in [0.717, 1.165) is 39.8 Å². The number of aliphatic hydroxyl groups is 1. The molecule has 0 bridgehead atoms. The average molecular weight is 628 g/mol. The van der Waals surface area contributed by atoms with Crippen LogP contribution in [0.25, 0.3) is 54.9 Å². The van der Waals surface area contributed by atoms with Crippen molar-refractivity contribution in [3.63, 3.8) is 0 Å². The third-order valence-corrected chi connectivity index (χ3v) is 8.99. The van der Waals surface area contributed by atoms with Gasteiger partial charge in [-0.3, -0.25) is 19.1 Å². The van der Waals surface area contributed by atoms with Crippen LogP contribution in [-0.2, 0) is 18.4 Å². The maximum atomic E-state index is 15.9. The standard InChI is InChI=1S/C32H27F2N7O3S/c1-4-27(43)40-6-7-41-24(17(40)2)14-22(38-41)31-29(28-21(34)12-19(33)13-26(28)44-9-8-42)32-20(5-10-45-32)30(37-31)18-11-25-23(35-15-18)16-36-39(25)3/h4-5,10-17,42H,1,6-9H2,2-3H3. The molecule has 1 aromatic carbocycles. The molecule has 5 aromatic heterocycles. The summed E-state index contributed by atoms with van der Waals surface area (Å²) in [6.45, 7) is 5.92. The lowest BCUT2D eigenvalue weighted by Gasteiger charge is -2.33. The number of carbonyl (C=O) groups is 1. The van der Waals surface area contributed by atoms with Crippen molar-refractivity contribution in [2.45, 2.75) is 19.5 Å². The van der Waals surface area contributed by atoms with Gasteiger partial charge in [-0.05, 0) is 36.6 Å². The highest BCUT2D eigenvalue weighted by atomic mass is 32.1. The van der Waals surface area contributed by atoms with Crippen LogP contribution in [-0.4, -0.2) is 65.2 Å². The van der Waals surface area contributed by atoms with Gasteiger partial charge in [0.2, 0.25) is 5.91 Å². The predicted octanol–water partition coefficient (Wildman–Crippen LogP) is 5.51. The first-order chi connectivity index (χ1) is 21.8. The largest absolute Gasteiger partial charge is 0.490 e. The van der Waals surface area contributed by atoms with Gasteiger partial charge in [0.25, 0.3) is 0 Å². The summed E-state index contributed by atoms with van der Waals surface area (Å²) in [6, 6.07) is 7.30. The zero-order valence-electron chi connectivity index (χ0n) is 24.4. The van der Waals surface area contributed by atoms with Crippen LogP contribution in [0.2, 0.25) is 0 Å². The van der Waals surface area contributed by atoms with Crippen LogP contribution in [0.15, 0.2) is 60.8 Å². The van der Waals surface area contributed by atoms with Gasteiger partial charge in [0.15, 0.2) is 0 Å². The Morgan fingerprint density at radius 2 is 2.02 bits per heavy atom. The number of rotatable bonds is 7.